The van der Waals surface area contributed by atoms with Gasteiger partial charge in [-0.2, -0.15) is 8.42 Å². The molecule has 14 unspecified atom stereocenters. The number of aromatic hydroxyl groups is 1. The van der Waals surface area contributed by atoms with Crippen LogP contribution in [0.4, 0.5) is 0 Å². The molecule has 0 aromatic heterocycles. The third-order valence-corrected chi connectivity index (χ3v) is 24.0. The highest BCUT2D eigenvalue weighted by atomic mass is 32.2. The minimum Gasteiger partial charge on any atom is -0.508 e. The zero-order valence-corrected chi connectivity index (χ0v) is 54.2. The van der Waals surface area contributed by atoms with Gasteiger partial charge in [-0.05, 0) is 234 Å². The summed E-state index contributed by atoms with van der Waals surface area (Å²) in [6, 6.07) is 47.1. The number of aliphatic hydroxyl groups excluding tert-OH is 2. The topological polar surface area (TPSA) is 230 Å². The van der Waals surface area contributed by atoms with Crippen molar-refractivity contribution in [1.82, 2.24) is 5.32 Å². The van der Waals surface area contributed by atoms with E-state index in [1.807, 2.05) is 49.5 Å². The lowest BCUT2D eigenvalue weighted by Gasteiger charge is -2.46. The van der Waals surface area contributed by atoms with Crippen LogP contribution in [0.3, 0.4) is 0 Å². The Morgan fingerprint density at radius 3 is 2.40 bits per heavy atom. The van der Waals surface area contributed by atoms with Crippen LogP contribution in [-0.4, -0.2) is 70.0 Å². The minimum absolute atomic E-state index is 0.00115. The molecule has 2 fully saturated rings. The van der Waals surface area contributed by atoms with Crippen LogP contribution in [0.1, 0.15) is 180 Å². The molecule has 4 aliphatic carbocycles. The van der Waals surface area contributed by atoms with Gasteiger partial charge in [0.25, 0.3) is 10.1 Å². The SMILES string of the molecule is CNCc1cc2ccccc2c2c1CCc1cc(C3CCCC(O)(C(Cc4ccccc4)CC4(N=C(N)N)Oc5ccc6c(c5)CCC(C)C6CC(S(=O)(=O)O)C5C=C6CC(CC7CC(CO)CC#Cc8cc(O)ccc8C6O7)C5c5ccc4cc5)C3)ccc1C(O)C2. The van der Waals surface area contributed by atoms with Crippen molar-refractivity contribution in [2.24, 2.45) is 46.0 Å². The number of fused-ring (bicyclic) bond motifs is 12. The second kappa shape index (κ2) is 25.8. The molecular weight excluding hydrogens is 1180 g/mol. The largest absolute Gasteiger partial charge is 0.508 e. The van der Waals surface area contributed by atoms with E-state index in [9.17, 15) is 33.4 Å². The van der Waals surface area contributed by atoms with Gasteiger partial charge in [0.15, 0.2) is 5.96 Å². The van der Waals surface area contributed by atoms with Crippen molar-refractivity contribution in [3.05, 3.63) is 224 Å². The number of aliphatic hydroxyl groups is 3. The summed E-state index contributed by atoms with van der Waals surface area (Å²) in [5, 5.41) is 52.2. The van der Waals surface area contributed by atoms with Gasteiger partial charge in [0.2, 0.25) is 5.72 Å². The number of hydrogen-bond acceptors (Lipinski definition) is 10. The van der Waals surface area contributed by atoms with Gasteiger partial charge in [-0.1, -0.05) is 134 Å². The first-order valence-corrected chi connectivity index (χ1v) is 35.5. The van der Waals surface area contributed by atoms with Gasteiger partial charge in [0, 0.05) is 55.0 Å². The zero-order valence-electron chi connectivity index (χ0n) is 53.4. The summed E-state index contributed by atoms with van der Waals surface area (Å²) >= 11 is 0. The van der Waals surface area contributed by atoms with Crippen LogP contribution in [-0.2, 0) is 59.2 Å². The highest BCUT2D eigenvalue weighted by Gasteiger charge is 2.51. The molecule has 7 aromatic carbocycles. The van der Waals surface area contributed by atoms with Crippen molar-refractivity contribution in [1.29, 1.82) is 0 Å². The molecule has 0 amide bonds. The van der Waals surface area contributed by atoms with E-state index >= 15 is 0 Å². The van der Waals surface area contributed by atoms with Gasteiger partial charge in [0.1, 0.15) is 17.6 Å². The van der Waals surface area contributed by atoms with Crippen molar-refractivity contribution < 1.29 is 42.9 Å². The maximum Gasteiger partial charge on any atom is 0.268 e. The molecule has 14 heteroatoms. The molecule has 14 atom stereocenters. The molecule has 10 N–H and O–H groups in total. The number of nitrogens with zero attached hydrogens (tertiary/aromatic N) is 1. The Bertz CT molecular complexity index is 4200. The first-order valence-electron chi connectivity index (χ1n) is 33.9. The molecule has 0 spiro atoms. The number of phenolic OH excluding ortho intramolecular Hbond substituents is 1. The zero-order chi connectivity index (χ0) is 64.3. The first-order chi connectivity index (χ1) is 44.9. The Morgan fingerprint density at radius 1 is 0.828 bits per heavy atom. The van der Waals surface area contributed by atoms with Crippen LogP contribution in [0.25, 0.3) is 10.8 Å². The number of ether oxygens (including phenoxy) is 2. The molecule has 1 saturated heterocycles. The average molecular weight is 1270 g/mol. The minimum atomic E-state index is -4.72. The van der Waals surface area contributed by atoms with E-state index in [2.05, 4.69) is 115 Å². The number of allylic oxidation sites excluding steroid dienone is 1. The van der Waals surface area contributed by atoms with Crippen LogP contribution in [0.15, 0.2) is 156 Å². The molecule has 13 nitrogen and oxygen atoms in total. The lowest BCUT2D eigenvalue weighted by Crippen LogP contribution is -2.48. The summed E-state index contributed by atoms with van der Waals surface area (Å²) in [6.45, 7) is 2.83. The number of aliphatic imine (C=N–C) groups is 1. The molecule has 0 radical (unpaired) electrons. The van der Waals surface area contributed by atoms with Crippen LogP contribution in [0.2, 0.25) is 0 Å². The number of hydrogen-bond donors (Lipinski definition) is 8. The monoisotopic (exact) mass is 1270 g/mol. The van der Waals surface area contributed by atoms with E-state index in [1.165, 1.54) is 27.5 Å². The molecule has 9 aliphatic rings. The second-order valence-corrected chi connectivity index (χ2v) is 30.1. The van der Waals surface area contributed by atoms with Crippen molar-refractivity contribution in [3.63, 3.8) is 0 Å². The Labute approximate surface area is 547 Å². The lowest BCUT2D eigenvalue weighted by molar-refractivity contribution is -0.0834. The molecule has 5 heterocycles. The lowest BCUT2D eigenvalue weighted by atomic mass is 9.64. The molecule has 484 valence electrons. The second-order valence-electron chi connectivity index (χ2n) is 28.5. The van der Waals surface area contributed by atoms with Gasteiger partial charge in [0.05, 0.1) is 23.1 Å². The fourth-order valence-electron chi connectivity index (χ4n) is 18.2. The number of guanidine groups is 1. The van der Waals surface area contributed by atoms with E-state index in [4.69, 9.17) is 25.9 Å². The fraction of sp³-hybridized carbons (Fsp3) is 0.430. The van der Waals surface area contributed by atoms with E-state index in [0.29, 0.717) is 68.2 Å². The van der Waals surface area contributed by atoms with Crippen LogP contribution in [0.5, 0.6) is 11.5 Å². The number of rotatable bonds is 11. The fourth-order valence-corrected chi connectivity index (χ4v) is 19.3. The van der Waals surface area contributed by atoms with Gasteiger partial charge >= 0.3 is 0 Å². The number of phenols is 1. The highest BCUT2D eigenvalue weighted by molar-refractivity contribution is 7.86. The van der Waals surface area contributed by atoms with Crippen LogP contribution in [0, 0.1) is 41.4 Å². The quantitative estimate of drug-likeness (QED) is 0.0199. The molecule has 5 aliphatic heterocycles. The normalized spacial score (nSPS) is 29.3. The summed E-state index contributed by atoms with van der Waals surface area (Å²) in [5.74, 6) is 4.90. The maximum absolute atomic E-state index is 14.6. The maximum atomic E-state index is 14.6. The summed E-state index contributed by atoms with van der Waals surface area (Å²) < 4.78 is 55.8. The summed E-state index contributed by atoms with van der Waals surface area (Å²) in [4.78, 5) is 5.23. The van der Waals surface area contributed by atoms with Crippen molar-refractivity contribution in [3.8, 4) is 23.3 Å². The van der Waals surface area contributed by atoms with Gasteiger partial charge in [-0.15, -0.1) is 0 Å². The van der Waals surface area contributed by atoms with Crippen molar-refractivity contribution in [2.75, 3.05) is 13.7 Å². The number of benzene rings is 7. The predicted molar refractivity (Wildman–Crippen MR) is 364 cm³/mol. The molecule has 10 bridgehead atoms. The molecule has 16 rings (SSSR count). The van der Waals surface area contributed by atoms with Crippen molar-refractivity contribution >= 4 is 26.9 Å². The third-order valence-electron chi connectivity index (χ3n) is 22.7. The van der Waals surface area contributed by atoms with Gasteiger partial charge < -0.3 is 46.7 Å². The molecule has 7 aromatic rings. The van der Waals surface area contributed by atoms with Gasteiger partial charge in [-0.3, -0.25) is 4.55 Å². The summed E-state index contributed by atoms with van der Waals surface area (Å²) in [5.41, 5.74) is 24.5. The molecular formula is C79H88N4O9S. The Kier molecular flexibility index (Phi) is 17.5. The Morgan fingerprint density at radius 2 is 1.60 bits per heavy atom. The standard InChI is InChI=1S/C79H88N4O9S/c1-47-17-18-55-38-63-26-30-66(55)70(47)42-74(93(88,89)90)72-40-58-36-57(39-64-33-49(46-84)12-8-14-53-37-62(85)25-29-69(53)76(58)91-64)75(72)50-19-23-60(24-20-50)79(92-63,83-77(80)81)44-61(32-48-10-4-3-5-11-48)78(87)31-9-15-56(43-78)51-21-28-68-54(34-51)22-27-67-59(45-82-2)35-52-13-6-7-16-65(52)71(67)41-73(68)86/h3-7,10-11,13,16,19-21,23-26,28-30,34-35,37-38,40,47,49,56-57,61,64,70,72-76,82,84-87H,9,12,15,17-18,22,27,31-33,36,39,41-46H2,1-2H3,(H4,80,81,83)(H,88,89,90). The summed E-state index contributed by atoms with van der Waals surface area (Å²) in [6.07, 6.45) is 9.70. The number of nitrogens with two attached hydrogens (primary N) is 2. The van der Waals surface area contributed by atoms with E-state index < -0.39 is 56.7 Å². The third kappa shape index (κ3) is 12.6. The van der Waals surface area contributed by atoms with E-state index in [0.717, 1.165) is 95.2 Å². The van der Waals surface area contributed by atoms with Gasteiger partial charge in [-0.25, -0.2) is 4.99 Å². The number of nitrogens with one attached hydrogen (secondary N) is 1. The predicted octanol–water partition coefficient (Wildman–Crippen LogP) is 12.7. The molecule has 93 heavy (non-hydrogen) atoms. The summed E-state index contributed by atoms with van der Waals surface area (Å²) in [7, 11) is -2.74. The first kappa shape index (κ1) is 63.1. The van der Waals surface area contributed by atoms with E-state index in [1.54, 1.807) is 12.1 Å². The van der Waals surface area contributed by atoms with Crippen molar-refractivity contribution in [2.45, 2.75) is 169 Å². The Balaban J connectivity index is 0.872. The number of aryl methyl sites for hydroxylation is 2. The smallest absolute Gasteiger partial charge is 0.268 e. The Hall–Kier alpha value is -7.32. The molecule has 1 saturated carbocycles. The average Bonchev–Trinajstić information content (AvgIpc) is 1.75. The van der Waals surface area contributed by atoms with E-state index in [-0.39, 0.29) is 66.9 Å². The highest BCUT2D eigenvalue weighted by Crippen LogP contribution is 2.56. The van der Waals surface area contributed by atoms with Crippen LogP contribution >= 0.6 is 0 Å². The van der Waals surface area contributed by atoms with Crippen LogP contribution < -0.4 is 21.5 Å².